The van der Waals surface area contributed by atoms with Gasteiger partial charge in [0.25, 0.3) is 0 Å². The minimum atomic E-state index is 0.812. The summed E-state index contributed by atoms with van der Waals surface area (Å²) in [5.41, 5.74) is 2.11. The molecule has 15 heavy (non-hydrogen) atoms. The van der Waals surface area contributed by atoms with Gasteiger partial charge in [-0.3, -0.25) is 4.40 Å². The number of aromatic nitrogens is 4. The second-order valence-corrected chi connectivity index (χ2v) is 4.43. The molecule has 0 saturated heterocycles. The topological polar surface area (TPSA) is 46.0 Å². The van der Waals surface area contributed by atoms with Crippen LogP contribution in [0.15, 0.2) is 29.4 Å². The lowest BCUT2D eigenvalue weighted by molar-refractivity contribution is 0.941. The Labute approximate surface area is 90.7 Å². The molecule has 0 aliphatic carbocycles. The third-order valence-electron chi connectivity index (χ3n) is 2.28. The Bertz CT molecular complexity index is 610. The predicted octanol–water partition coefficient (Wildman–Crippen LogP) is 2.32. The van der Waals surface area contributed by atoms with Crippen LogP contribution in [0.5, 0.6) is 0 Å². The average molecular weight is 218 g/mol. The number of aromatic amines is 1. The zero-order valence-corrected chi connectivity index (χ0v) is 9.08. The van der Waals surface area contributed by atoms with Gasteiger partial charge in [-0.2, -0.15) is 0 Å². The average Bonchev–Trinajstić information content (AvgIpc) is 2.78. The van der Waals surface area contributed by atoms with E-state index in [2.05, 4.69) is 32.6 Å². The molecule has 2 aromatic heterocycles. The molecule has 0 fully saturated rings. The summed E-state index contributed by atoms with van der Waals surface area (Å²) in [6.07, 6.45) is 0. The summed E-state index contributed by atoms with van der Waals surface area (Å²) < 4.78 is 2.06. The first-order valence-corrected chi connectivity index (χ1v) is 5.83. The van der Waals surface area contributed by atoms with E-state index in [1.165, 1.54) is 0 Å². The van der Waals surface area contributed by atoms with Crippen molar-refractivity contribution >= 4 is 28.6 Å². The summed E-state index contributed by atoms with van der Waals surface area (Å²) >= 11 is 1.71. The molecule has 1 N–H and O–H groups in total. The molecule has 0 spiro atoms. The Morgan fingerprint density at radius 2 is 2.27 bits per heavy atom. The van der Waals surface area contributed by atoms with Gasteiger partial charge in [-0.1, -0.05) is 30.8 Å². The van der Waals surface area contributed by atoms with Gasteiger partial charge in [0.15, 0.2) is 5.16 Å². The van der Waals surface area contributed by atoms with E-state index in [1.807, 2.05) is 18.2 Å². The molecule has 0 bridgehead atoms. The maximum absolute atomic E-state index is 4.45. The third-order valence-corrected chi connectivity index (χ3v) is 3.10. The molecule has 76 valence electrons. The zero-order chi connectivity index (χ0) is 10.3. The summed E-state index contributed by atoms with van der Waals surface area (Å²) in [5.74, 6) is 1.82. The second-order valence-electron chi connectivity index (χ2n) is 3.20. The van der Waals surface area contributed by atoms with E-state index in [0.29, 0.717) is 0 Å². The zero-order valence-electron chi connectivity index (χ0n) is 8.27. The number of rotatable bonds is 2. The van der Waals surface area contributed by atoms with Crippen molar-refractivity contribution in [3.05, 3.63) is 24.3 Å². The Morgan fingerprint density at radius 3 is 3.13 bits per heavy atom. The van der Waals surface area contributed by atoms with E-state index in [1.54, 1.807) is 11.8 Å². The highest BCUT2D eigenvalue weighted by atomic mass is 32.2. The summed E-state index contributed by atoms with van der Waals surface area (Å²) in [7, 11) is 0. The molecule has 0 radical (unpaired) electrons. The number of fused-ring (bicyclic) bond motifs is 3. The lowest BCUT2D eigenvalue weighted by Crippen LogP contribution is -1.84. The Balaban J connectivity index is 2.38. The van der Waals surface area contributed by atoms with Crippen LogP contribution < -0.4 is 0 Å². The first kappa shape index (κ1) is 8.79. The molecule has 0 aliphatic rings. The van der Waals surface area contributed by atoms with Gasteiger partial charge in [-0.15, -0.1) is 5.10 Å². The lowest BCUT2D eigenvalue weighted by atomic mass is 10.3. The summed E-state index contributed by atoms with van der Waals surface area (Å²) in [6.45, 7) is 2.12. The van der Waals surface area contributed by atoms with Gasteiger partial charge in [-0.05, 0) is 17.9 Å². The van der Waals surface area contributed by atoms with Gasteiger partial charge in [0.1, 0.15) is 0 Å². The first-order valence-electron chi connectivity index (χ1n) is 4.84. The van der Waals surface area contributed by atoms with Crippen LogP contribution in [-0.2, 0) is 0 Å². The van der Waals surface area contributed by atoms with Gasteiger partial charge >= 0.3 is 0 Å². The van der Waals surface area contributed by atoms with Crippen molar-refractivity contribution in [3.8, 4) is 0 Å². The van der Waals surface area contributed by atoms with Crippen LogP contribution >= 0.6 is 11.8 Å². The van der Waals surface area contributed by atoms with E-state index in [-0.39, 0.29) is 0 Å². The number of imidazole rings is 1. The quantitative estimate of drug-likeness (QED) is 0.671. The molecule has 3 rings (SSSR count). The Hall–Kier alpha value is -1.49. The Morgan fingerprint density at radius 1 is 1.40 bits per heavy atom. The van der Waals surface area contributed by atoms with Crippen LogP contribution in [0.25, 0.3) is 16.8 Å². The van der Waals surface area contributed by atoms with Crippen LogP contribution in [-0.4, -0.2) is 25.3 Å². The largest absolute Gasteiger partial charge is 0.254 e. The normalized spacial score (nSPS) is 11.5. The van der Waals surface area contributed by atoms with Crippen molar-refractivity contribution in [2.24, 2.45) is 0 Å². The molecule has 3 aromatic rings. The number of hydrogen-bond donors (Lipinski definition) is 1. The number of hydrogen-bond acceptors (Lipinski definition) is 3. The molecule has 0 unspecified atom stereocenters. The van der Waals surface area contributed by atoms with Crippen LogP contribution in [0.3, 0.4) is 0 Å². The van der Waals surface area contributed by atoms with Gasteiger partial charge < -0.3 is 0 Å². The van der Waals surface area contributed by atoms with Gasteiger partial charge in [0.05, 0.1) is 11.0 Å². The molecule has 1 aromatic carbocycles. The van der Waals surface area contributed by atoms with Crippen molar-refractivity contribution < 1.29 is 0 Å². The fraction of sp³-hybridized carbons (Fsp3) is 0.200. The van der Waals surface area contributed by atoms with Crippen molar-refractivity contribution in [2.75, 3.05) is 5.75 Å². The van der Waals surface area contributed by atoms with Crippen LogP contribution in [0.2, 0.25) is 0 Å². The maximum Gasteiger partial charge on any atom is 0.231 e. The molecule has 0 atom stereocenters. The second kappa shape index (κ2) is 3.27. The molecular formula is C10H10N4S. The van der Waals surface area contributed by atoms with Gasteiger partial charge in [0, 0.05) is 0 Å². The number of para-hydroxylation sites is 2. The monoisotopic (exact) mass is 218 g/mol. The first-order chi connectivity index (χ1) is 7.40. The number of H-pyrrole nitrogens is 1. The van der Waals surface area contributed by atoms with Crippen molar-refractivity contribution in [2.45, 2.75) is 12.1 Å². The van der Waals surface area contributed by atoms with Crippen molar-refractivity contribution in [3.63, 3.8) is 0 Å². The van der Waals surface area contributed by atoms with E-state index >= 15 is 0 Å². The highest BCUT2D eigenvalue weighted by Crippen LogP contribution is 2.22. The molecule has 0 saturated carbocycles. The molecule has 0 amide bonds. The SMILES string of the molecule is CCSc1n[nH]c2nc3ccccc3n12. The van der Waals surface area contributed by atoms with E-state index in [0.717, 1.165) is 27.7 Å². The molecule has 4 nitrogen and oxygen atoms in total. The number of benzene rings is 1. The number of thioether (sulfide) groups is 1. The maximum atomic E-state index is 4.45. The fourth-order valence-corrected chi connectivity index (χ4v) is 2.35. The van der Waals surface area contributed by atoms with Gasteiger partial charge in [0.2, 0.25) is 5.78 Å². The summed E-state index contributed by atoms with van der Waals surface area (Å²) in [6, 6.07) is 8.08. The van der Waals surface area contributed by atoms with Crippen molar-refractivity contribution in [1.82, 2.24) is 19.6 Å². The summed E-state index contributed by atoms with van der Waals surface area (Å²) in [4.78, 5) is 4.45. The molecule has 2 heterocycles. The summed E-state index contributed by atoms with van der Waals surface area (Å²) in [5, 5.41) is 8.15. The standard InChI is InChI=1S/C10H10N4S/c1-2-15-10-13-12-9-11-7-5-3-4-6-8(7)14(9)10/h3-6H,2H2,1H3,(H,11,12). The lowest BCUT2D eigenvalue weighted by Gasteiger charge is -1.94. The highest BCUT2D eigenvalue weighted by Gasteiger charge is 2.10. The Kier molecular flexibility index (Phi) is 1.92. The minimum absolute atomic E-state index is 0.812. The van der Waals surface area contributed by atoms with Crippen LogP contribution in [0.4, 0.5) is 0 Å². The highest BCUT2D eigenvalue weighted by molar-refractivity contribution is 7.99. The molecule has 0 aliphatic heterocycles. The number of nitrogens with zero attached hydrogens (tertiary/aromatic N) is 3. The molecular weight excluding hydrogens is 208 g/mol. The van der Waals surface area contributed by atoms with Crippen molar-refractivity contribution in [1.29, 1.82) is 0 Å². The van der Waals surface area contributed by atoms with E-state index < -0.39 is 0 Å². The van der Waals surface area contributed by atoms with Gasteiger partial charge in [-0.25, -0.2) is 10.1 Å². The van der Waals surface area contributed by atoms with E-state index in [9.17, 15) is 0 Å². The smallest absolute Gasteiger partial charge is 0.231 e. The van der Waals surface area contributed by atoms with E-state index in [4.69, 9.17) is 0 Å². The van der Waals surface area contributed by atoms with Crippen LogP contribution in [0.1, 0.15) is 6.92 Å². The predicted molar refractivity (Wildman–Crippen MR) is 61.2 cm³/mol. The van der Waals surface area contributed by atoms with Crippen LogP contribution in [0, 0.1) is 0 Å². The third kappa shape index (κ3) is 1.23. The molecule has 5 heteroatoms. The number of nitrogens with one attached hydrogen (secondary N) is 1. The minimum Gasteiger partial charge on any atom is -0.254 e. The fourth-order valence-electron chi connectivity index (χ4n) is 1.67.